The summed E-state index contributed by atoms with van der Waals surface area (Å²) in [7, 11) is -3.92. The second-order valence-electron chi connectivity index (χ2n) is 4.51. The van der Waals surface area contributed by atoms with Crippen molar-refractivity contribution in [2.75, 3.05) is 0 Å². The Morgan fingerprint density at radius 3 is 2.62 bits per heavy atom. The first-order valence-electron chi connectivity index (χ1n) is 5.97. The van der Waals surface area contributed by atoms with Gasteiger partial charge in [0.25, 0.3) is 0 Å². The zero-order chi connectivity index (χ0) is 15.6. The molecule has 0 saturated carbocycles. The number of hydrogen-bond donors (Lipinski definition) is 1. The first-order valence-corrected chi connectivity index (χ1v) is 8.31. The van der Waals surface area contributed by atoms with Crippen LogP contribution in [0.25, 0.3) is 0 Å². The molecule has 112 valence electrons. The Hall–Kier alpha value is -1.44. The highest BCUT2D eigenvalue weighted by Crippen LogP contribution is 2.31. The average molecular weight is 374 g/mol. The van der Waals surface area contributed by atoms with E-state index in [1.54, 1.807) is 25.1 Å². The molecule has 2 aromatic carbocycles. The topological polar surface area (TPSA) is 69.4 Å². The zero-order valence-corrected chi connectivity index (χ0v) is 13.5. The van der Waals surface area contributed by atoms with E-state index in [9.17, 15) is 12.8 Å². The van der Waals surface area contributed by atoms with Crippen molar-refractivity contribution in [1.29, 1.82) is 0 Å². The maximum absolute atomic E-state index is 13.1. The van der Waals surface area contributed by atoms with E-state index in [1.165, 1.54) is 18.2 Å². The molecule has 0 heterocycles. The van der Waals surface area contributed by atoms with Gasteiger partial charge in [-0.3, -0.25) is 0 Å². The van der Waals surface area contributed by atoms with Gasteiger partial charge in [-0.1, -0.05) is 28.1 Å². The number of ether oxygens (including phenoxy) is 1. The molecule has 0 unspecified atom stereocenters. The summed E-state index contributed by atoms with van der Waals surface area (Å²) in [6.45, 7) is 1.75. The first-order chi connectivity index (χ1) is 9.77. The van der Waals surface area contributed by atoms with Crippen LogP contribution in [0, 0.1) is 12.7 Å². The molecule has 2 N–H and O–H groups in total. The van der Waals surface area contributed by atoms with Crippen molar-refractivity contribution in [3.05, 3.63) is 57.8 Å². The maximum Gasteiger partial charge on any atom is 0.241 e. The maximum atomic E-state index is 13.1. The van der Waals surface area contributed by atoms with Crippen LogP contribution in [0.2, 0.25) is 0 Å². The van der Waals surface area contributed by atoms with Gasteiger partial charge in [-0.15, -0.1) is 0 Å². The van der Waals surface area contributed by atoms with Crippen LogP contribution in [0.4, 0.5) is 4.39 Å². The lowest BCUT2D eigenvalue weighted by atomic mass is 10.2. The van der Waals surface area contributed by atoms with Crippen LogP contribution in [0.1, 0.15) is 11.1 Å². The Bertz CT molecular complexity index is 778. The number of nitrogens with two attached hydrogens (primary N) is 1. The summed E-state index contributed by atoms with van der Waals surface area (Å²) in [6, 6.07) is 8.99. The molecule has 2 rings (SSSR count). The molecule has 21 heavy (non-hydrogen) atoms. The first kappa shape index (κ1) is 15.9. The summed E-state index contributed by atoms with van der Waals surface area (Å²) in [5.74, 6) is -0.208. The monoisotopic (exact) mass is 373 g/mol. The number of rotatable bonds is 4. The fourth-order valence-corrected chi connectivity index (χ4v) is 3.37. The van der Waals surface area contributed by atoms with Crippen molar-refractivity contribution in [2.45, 2.75) is 18.4 Å². The predicted octanol–water partition coefficient (Wildman–Crippen LogP) is 3.12. The fourth-order valence-electron chi connectivity index (χ4n) is 1.88. The van der Waals surface area contributed by atoms with Gasteiger partial charge in [0, 0.05) is 4.47 Å². The van der Waals surface area contributed by atoms with Crippen molar-refractivity contribution in [2.24, 2.45) is 5.14 Å². The predicted molar refractivity (Wildman–Crippen MR) is 81.0 cm³/mol. The molecule has 2 aromatic rings. The minimum absolute atomic E-state index is 0.0444. The summed E-state index contributed by atoms with van der Waals surface area (Å²) in [5, 5.41) is 5.20. The SMILES string of the molecule is Cc1cc(Br)cc(S(N)(=O)=O)c1OCc1cccc(F)c1. The fraction of sp³-hybridized carbons (Fsp3) is 0.143. The van der Waals surface area contributed by atoms with E-state index < -0.39 is 10.0 Å². The van der Waals surface area contributed by atoms with E-state index in [0.29, 0.717) is 15.6 Å². The smallest absolute Gasteiger partial charge is 0.241 e. The van der Waals surface area contributed by atoms with Crippen molar-refractivity contribution in [3.63, 3.8) is 0 Å². The standard InChI is InChI=1S/C14H13BrFNO3S/c1-9-5-11(15)7-13(21(17,18)19)14(9)20-8-10-3-2-4-12(16)6-10/h2-7H,8H2,1H3,(H2,17,18,19). The minimum atomic E-state index is -3.92. The molecule has 0 bridgehead atoms. The van der Waals surface area contributed by atoms with Gasteiger partial charge in [0.1, 0.15) is 23.1 Å². The molecule has 7 heteroatoms. The van der Waals surface area contributed by atoms with E-state index in [-0.39, 0.29) is 23.1 Å². The summed E-state index contributed by atoms with van der Waals surface area (Å²) in [6.07, 6.45) is 0. The van der Waals surface area contributed by atoms with Gasteiger partial charge in [-0.2, -0.15) is 0 Å². The van der Waals surface area contributed by atoms with Gasteiger partial charge in [-0.25, -0.2) is 17.9 Å². The number of primary sulfonamides is 1. The molecule has 4 nitrogen and oxygen atoms in total. The van der Waals surface area contributed by atoms with Crippen LogP contribution in [0.3, 0.4) is 0 Å². The molecule has 0 spiro atoms. The van der Waals surface area contributed by atoms with Crippen molar-refractivity contribution in [1.82, 2.24) is 0 Å². The van der Waals surface area contributed by atoms with Crippen LogP contribution in [0.15, 0.2) is 45.8 Å². The molecule has 0 aromatic heterocycles. The quantitative estimate of drug-likeness (QED) is 0.894. The second-order valence-corrected chi connectivity index (χ2v) is 6.96. The molecule has 0 aliphatic rings. The Labute approximate surface area is 130 Å². The van der Waals surface area contributed by atoms with Crippen LogP contribution in [-0.4, -0.2) is 8.42 Å². The van der Waals surface area contributed by atoms with E-state index in [0.717, 1.165) is 0 Å². The van der Waals surface area contributed by atoms with Crippen LogP contribution < -0.4 is 9.88 Å². The van der Waals surface area contributed by atoms with E-state index >= 15 is 0 Å². The summed E-state index contributed by atoms with van der Waals surface area (Å²) < 4.78 is 42.5. The number of benzene rings is 2. The van der Waals surface area contributed by atoms with Crippen LogP contribution in [0.5, 0.6) is 5.75 Å². The number of sulfonamides is 1. The number of aryl methyl sites for hydroxylation is 1. The van der Waals surface area contributed by atoms with Crippen molar-refractivity contribution in [3.8, 4) is 5.75 Å². The van der Waals surface area contributed by atoms with E-state index in [4.69, 9.17) is 9.88 Å². The van der Waals surface area contributed by atoms with Gasteiger partial charge in [0.15, 0.2) is 0 Å². The highest BCUT2D eigenvalue weighted by Gasteiger charge is 2.18. The summed E-state index contributed by atoms with van der Waals surface area (Å²) in [5.41, 5.74) is 1.21. The molecule has 0 aliphatic carbocycles. The van der Waals surface area contributed by atoms with Gasteiger partial charge >= 0.3 is 0 Å². The van der Waals surface area contributed by atoms with Crippen molar-refractivity contribution < 1.29 is 17.5 Å². The Balaban J connectivity index is 2.36. The third kappa shape index (κ3) is 4.03. The second kappa shape index (κ2) is 6.13. The lowest BCUT2D eigenvalue weighted by Crippen LogP contribution is -2.14. The minimum Gasteiger partial charge on any atom is -0.487 e. The number of halogens is 2. The normalized spacial score (nSPS) is 11.4. The highest BCUT2D eigenvalue weighted by atomic mass is 79.9. The largest absolute Gasteiger partial charge is 0.487 e. The van der Waals surface area contributed by atoms with Crippen LogP contribution in [-0.2, 0) is 16.6 Å². The third-order valence-corrected chi connectivity index (χ3v) is 4.16. The Morgan fingerprint density at radius 2 is 2.00 bits per heavy atom. The Morgan fingerprint density at radius 1 is 1.29 bits per heavy atom. The van der Waals surface area contributed by atoms with E-state index in [2.05, 4.69) is 15.9 Å². The van der Waals surface area contributed by atoms with Gasteiger partial charge in [0.05, 0.1) is 0 Å². The van der Waals surface area contributed by atoms with Crippen LogP contribution >= 0.6 is 15.9 Å². The highest BCUT2D eigenvalue weighted by molar-refractivity contribution is 9.10. The lowest BCUT2D eigenvalue weighted by Gasteiger charge is -2.14. The van der Waals surface area contributed by atoms with E-state index in [1.807, 2.05) is 0 Å². The molecular weight excluding hydrogens is 361 g/mol. The molecule has 0 fully saturated rings. The summed E-state index contributed by atoms with van der Waals surface area (Å²) >= 11 is 3.22. The third-order valence-electron chi connectivity index (χ3n) is 2.78. The molecular formula is C14H13BrFNO3S. The average Bonchev–Trinajstić information content (AvgIpc) is 2.36. The van der Waals surface area contributed by atoms with Gasteiger partial charge in [0.2, 0.25) is 10.0 Å². The Kier molecular flexibility index (Phi) is 4.65. The zero-order valence-electron chi connectivity index (χ0n) is 11.1. The molecule has 0 aliphatic heterocycles. The van der Waals surface area contributed by atoms with Crippen molar-refractivity contribution >= 4 is 26.0 Å². The lowest BCUT2D eigenvalue weighted by molar-refractivity contribution is 0.295. The molecule has 0 amide bonds. The number of hydrogen-bond acceptors (Lipinski definition) is 3. The van der Waals surface area contributed by atoms with Gasteiger partial charge in [-0.05, 0) is 42.3 Å². The summed E-state index contributed by atoms with van der Waals surface area (Å²) in [4.78, 5) is -0.106. The molecule has 0 radical (unpaired) electrons. The molecule has 0 atom stereocenters. The molecule has 0 saturated heterocycles. The van der Waals surface area contributed by atoms with Gasteiger partial charge < -0.3 is 4.74 Å².